The minimum atomic E-state index is -4.02. The number of para-hydroxylation sites is 2. The van der Waals surface area contributed by atoms with Gasteiger partial charge >= 0.3 is 0 Å². The molecule has 0 spiro atoms. The van der Waals surface area contributed by atoms with Crippen LogP contribution in [0.3, 0.4) is 0 Å². The van der Waals surface area contributed by atoms with Gasteiger partial charge in [0.25, 0.3) is 10.0 Å². The predicted octanol–water partition coefficient (Wildman–Crippen LogP) is 4.34. The summed E-state index contributed by atoms with van der Waals surface area (Å²) in [6, 6.07) is 23.2. The highest BCUT2D eigenvalue weighted by Gasteiger charge is 2.31. The molecule has 0 saturated heterocycles. The zero-order valence-corrected chi connectivity index (χ0v) is 20.2. The van der Waals surface area contributed by atoms with Gasteiger partial charge in [0.15, 0.2) is 0 Å². The molecule has 3 aromatic carbocycles. The van der Waals surface area contributed by atoms with Crippen LogP contribution < -0.4 is 14.4 Å². The van der Waals surface area contributed by atoms with Crippen molar-refractivity contribution in [3.8, 4) is 5.75 Å². The Balaban J connectivity index is 1.91. The Morgan fingerprint density at radius 2 is 1.55 bits per heavy atom. The van der Waals surface area contributed by atoms with Gasteiger partial charge in [0, 0.05) is 5.54 Å². The number of ether oxygens (including phenoxy) is 1. The van der Waals surface area contributed by atoms with Crippen LogP contribution in [0.2, 0.25) is 0 Å². The van der Waals surface area contributed by atoms with E-state index >= 15 is 0 Å². The lowest BCUT2D eigenvalue weighted by molar-refractivity contribution is -0.121. The first-order chi connectivity index (χ1) is 15.6. The number of hydrogen-bond donors (Lipinski definition) is 1. The number of benzene rings is 3. The first kappa shape index (κ1) is 24.3. The molecule has 33 heavy (non-hydrogen) atoms. The average Bonchev–Trinajstić information content (AvgIpc) is 2.77. The van der Waals surface area contributed by atoms with Gasteiger partial charge in [-0.05, 0) is 57.0 Å². The Labute approximate surface area is 196 Å². The van der Waals surface area contributed by atoms with Gasteiger partial charge in [0.1, 0.15) is 12.3 Å². The van der Waals surface area contributed by atoms with E-state index in [2.05, 4.69) is 5.32 Å². The van der Waals surface area contributed by atoms with Crippen molar-refractivity contribution in [3.05, 3.63) is 90.0 Å². The van der Waals surface area contributed by atoms with Crippen LogP contribution in [-0.4, -0.2) is 33.5 Å². The number of nitrogens with zero attached hydrogens (tertiary/aromatic N) is 1. The topological polar surface area (TPSA) is 75.7 Å². The third-order valence-electron chi connectivity index (χ3n) is 5.22. The van der Waals surface area contributed by atoms with Gasteiger partial charge in [-0.15, -0.1) is 0 Å². The number of carbonyl (C=O) groups is 1. The van der Waals surface area contributed by atoms with E-state index in [4.69, 9.17) is 4.74 Å². The molecule has 0 aliphatic heterocycles. The van der Waals surface area contributed by atoms with E-state index in [1.54, 1.807) is 48.5 Å². The van der Waals surface area contributed by atoms with E-state index in [1.807, 2.05) is 51.1 Å². The van der Waals surface area contributed by atoms with Crippen LogP contribution in [0.15, 0.2) is 83.8 Å². The molecule has 174 valence electrons. The van der Waals surface area contributed by atoms with E-state index in [1.165, 1.54) is 7.11 Å². The molecular formula is C26H30N2O4S. The molecule has 0 aliphatic carbocycles. The van der Waals surface area contributed by atoms with Crippen molar-refractivity contribution in [3.63, 3.8) is 0 Å². The van der Waals surface area contributed by atoms with Crippen LogP contribution in [0.5, 0.6) is 5.75 Å². The number of methoxy groups -OCH3 is 1. The molecule has 0 unspecified atom stereocenters. The second-order valence-corrected chi connectivity index (χ2v) is 10.5. The summed E-state index contributed by atoms with van der Waals surface area (Å²) in [6.07, 6.45) is 0.610. The highest BCUT2D eigenvalue weighted by molar-refractivity contribution is 7.92. The number of anilines is 1. The average molecular weight is 467 g/mol. The van der Waals surface area contributed by atoms with Crippen LogP contribution in [0, 0.1) is 6.92 Å². The fourth-order valence-electron chi connectivity index (χ4n) is 3.67. The van der Waals surface area contributed by atoms with Gasteiger partial charge in [0.05, 0.1) is 17.7 Å². The molecule has 0 bridgehead atoms. The summed E-state index contributed by atoms with van der Waals surface area (Å²) < 4.78 is 33.7. The number of nitrogens with one attached hydrogen (secondary N) is 1. The highest BCUT2D eigenvalue weighted by Crippen LogP contribution is 2.32. The maximum atomic E-state index is 13.6. The summed E-state index contributed by atoms with van der Waals surface area (Å²) >= 11 is 0. The summed E-state index contributed by atoms with van der Waals surface area (Å²) in [5.74, 6) is -0.0398. The van der Waals surface area contributed by atoms with E-state index in [0.29, 0.717) is 17.9 Å². The molecule has 1 amide bonds. The molecule has 0 aromatic heterocycles. The lowest BCUT2D eigenvalue weighted by Gasteiger charge is -2.30. The van der Waals surface area contributed by atoms with Gasteiger partial charge in [0.2, 0.25) is 5.91 Å². The van der Waals surface area contributed by atoms with E-state index < -0.39 is 21.5 Å². The SMILES string of the molecule is COc1ccccc1N(CC(=O)NC(C)(C)Cc1ccccc1)S(=O)(=O)c1ccc(C)cc1. The Morgan fingerprint density at radius 3 is 2.18 bits per heavy atom. The molecule has 0 radical (unpaired) electrons. The molecule has 0 heterocycles. The number of rotatable bonds is 9. The molecule has 3 aromatic rings. The number of aryl methyl sites for hydroxylation is 1. The van der Waals surface area contributed by atoms with E-state index in [9.17, 15) is 13.2 Å². The van der Waals surface area contributed by atoms with Gasteiger partial charge in [-0.2, -0.15) is 0 Å². The summed E-state index contributed by atoms with van der Waals surface area (Å²) in [7, 11) is -2.55. The van der Waals surface area contributed by atoms with Crippen molar-refractivity contribution >= 4 is 21.6 Å². The summed E-state index contributed by atoms with van der Waals surface area (Å²) in [5.41, 5.74) is 1.75. The highest BCUT2D eigenvalue weighted by atomic mass is 32.2. The second kappa shape index (κ2) is 10.1. The summed E-state index contributed by atoms with van der Waals surface area (Å²) in [4.78, 5) is 13.2. The minimum Gasteiger partial charge on any atom is -0.495 e. The number of carbonyl (C=O) groups excluding carboxylic acids is 1. The smallest absolute Gasteiger partial charge is 0.264 e. The van der Waals surface area contributed by atoms with Crippen molar-refractivity contribution < 1.29 is 17.9 Å². The summed E-state index contributed by atoms with van der Waals surface area (Å²) in [6.45, 7) is 5.34. The van der Waals surface area contributed by atoms with Gasteiger partial charge in [-0.1, -0.05) is 60.2 Å². The first-order valence-electron chi connectivity index (χ1n) is 10.7. The summed E-state index contributed by atoms with van der Waals surface area (Å²) in [5, 5.41) is 2.99. The van der Waals surface area contributed by atoms with Crippen molar-refractivity contribution in [2.75, 3.05) is 18.0 Å². The third kappa shape index (κ3) is 6.14. The van der Waals surface area contributed by atoms with Gasteiger partial charge < -0.3 is 10.1 Å². The molecule has 0 aliphatic rings. The number of hydrogen-bond acceptors (Lipinski definition) is 4. The normalized spacial score (nSPS) is 11.6. The molecule has 1 N–H and O–H groups in total. The molecule has 0 saturated carbocycles. The third-order valence-corrected chi connectivity index (χ3v) is 6.99. The maximum absolute atomic E-state index is 13.6. The quantitative estimate of drug-likeness (QED) is 0.509. The van der Waals surface area contributed by atoms with Crippen LogP contribution in [0.25, 0.3) is 0 Å². The molecule has 0 atom stereocenters. The van der Waals surface area contributed by atoms with Gasteiger partial charge in [-0.25, -0.2) is 8.42 Å². The van der Waals surface area contributed by atoms with E-state index in [-0.39, 0.29) is 11.4 Å². The van der Waals surface area contributed by atoms with E-state index in [0.717, 1.165) is 15.4 Å². The van der Waals surface area contributed by atoms with Crippen LogP contribution in [0.4, 0.5) is 5.69 Å². The van der Waals surface area contributed by atoms with Crippen LogP contribution in [-0.2, 0) is 21.2 Å². The van der Waals surface area contributed by atoms with Crippen LogP contribution in [0.1, 0.15) is 25.0 Å². The van der Waals surface area contributed by atoms with Crippen molar-refractivity contribution in [2.24, 2.45) is 0 Å². The van der Waals surface area contributed by atoms with Crippen molar-refractivity contribution in [2.45, 2.75) is 37.6 Å². The zero-order chi connectivity index (χ0) is 24.1. The zero-order valence-electron chi connectivity index (χ0n) is 19.4. The lowest BCUT2D eigenvalue weighted by atomic mass is 9.95. The minimum absolute atomic E-state index is 0.107. The monoisotopic (exact) mass is 466 g/mol. The first-order valence-corrected chi connectivity index (χ1v) is 12.1. The lowest BCUT2D eigenvalue weighted by Crippen LogP contribution is -2.50. The number of amides is 1. The predicted molar refractivity (Wildman–Crippen MR) is 131 cm³/mol. The Bertz CT molecular complexity index is 1190. The second-order valence-electron chi connectivity index (χ2n) is 8.59. The Hall–Kier alpha value is -3.32. The van der Waals surface area contributed by atoms with Crippen molar-refractivity contribution in [1.82, 2.24) is 5.32 Å². The molecule has 0 fully saturated rings. The van der Waals surface area contributed by atoms with Crippen molar-refractivity contribution in [1.29, 1.82) is 0 Å². The number of sulfonamides is 1. The molecule has 3 rings (SSSR count). The Morgan fingerprint density at radius 1 is 0.939 bits per heavy atom. The molecular weight excluding hydrogens is 436 g/mol. The largest absolute Gasteiger partial charge is 0.495 e. The fraction of sp³-hybridized carbons (Fsp3) is 0.269. The van der Waals surface area contributed by atoms with Gasteiger partial charge in [-0.3, -0.25) is 9.10 Å². The maximum Gasteiger partial charge on any atom is 0.264 e. The molecule has 7 heteroatoms. The van der Waals surface area contributed by atoms with Crippen LogP contribution >= 0.6 is 0 Å². The fourth-order valence-corrected chi connectivity index (χ4v) is 5.10. The standard InChI is InChI=1S/C26H30N2O4S/c1-20-14-16-22(17-15-20)33(30,31)28(23-12-8-9-13-24(23)32-4)19-25(29)27-26(2,3)18-21-10-6-5-7-11-21/h5-17H,18-19H2,1-4H3,(H,27,29). The molecule has 6 nitrogen and oxygen atoms in total. The Kier molecular flexibility index (Phi) is 7.43.